The number of esters is 1. The van der Waals surface area contributed by atoms with Gasteiger partial charge in [0.05, 0.1) is 19.1 Å². The van der Waals surface area contributed by atoms with E-state index in [-0.39, 0.29) is 11.9 Å². The Morgan fingerprint density at radius 2 is 1.62 bits per heavy atom. The first kappa shape index (κ1) is 17.5. The Labute approximate surface area is 128 Å². The lowest BCUT2D eigenvalue weighted by molar-refractivity contribution is -0.147. The summed E-state index contributed by atoms with van der Waals surface area (Å²) < 4.78 is 10.8. The summed E-state index contributed by atoms with van der Waals surface area (Å²) >= 11 is 0. The molecule has 0 atom stereocenters. The van der Waals surface area contributed by atoms with E-state index >= 15 is 0 Å². The highest BCUT2D eigenvalue weighted by Gasteiger charge is 2.06. The van der Waals surface area contributed by atoms with Crippen LogP contribution in [0.15, 0.2) is 24.3 Å². The van der Waals surface area contributed by atoms with Crippen LogP contribution in [0.1, 0.15) is 52.0 Å². The van der Waals surface area contributed by atoms with Crippen LogP contribution in [0.2, 0.25) is 0 Å². The van der Waals surface area contributed by atoms with Crippen LogP contribution < -0.4 is 4.74 Å². The van der Waals surface area contributed by atoms with Gasteiger partial charge in [0.1, 0.15) is 5.75 Å². The van der Waals surface area contributed by atoms with Crippen molar-refractivity contribution in [3.8, 4) is 5.75 Å². The molecule has 21 heavy (non-hydrogen) atoms. The zero-order valence-corrected chi connectivity index (χ0v) is 13.6. The van der Waals surface area contributed by atoms with Crippen LogP contribution in [-0.4, -0.2) is 19.2 Å². The number of hydrogen-bond donors (Lipinski definition) is 0. The number of benzene rings is 1. The number of rotatable bonds is 10. The second-order valence-corrected chi connectivity index (χ2v) is 5.58. The van der Waals surface area contributed by atoms with Crippen LogP contribution >= 0.6 is 0 Å². The summed E-state index contributed by atoms with van der Waals surface area (Å²) in [4.78, 5) is 11.2. The fourth-order valence-electron chi connectivity index (χ4n) is 1.91. The number of carbonyl (C=O) groups excluding carboxylic acids is 1. The molecule has 0 saturated heterocycles. The second kappa shape index (κ2) is 10.3. The molecule has 0 bridgehead atoms. The van der Waals surface area contributed by atoms with Crippen molar-refractivity contribution in [1.29, 1.82) is 0 Å². The van der Waals surface area contributed by atoms with Gasteiger partial charge in [0.2, 0.25) is 0 Å². The highest BCUT2D eigenvalue weighted by Crippen LogP contribution is 2.13. The quantitative estimate of drug-likeness (QED) is 0.474. The fraction of sp³-hybridized carbons (Fsp3) is 0.611. The van der Waals surface area contributed by atoms with Gasteiger partial charge in [-0.25, -0.2) is 0 Å². The number of carbonyl (C=O) groups is 1. The van der Waals surface area contributed by atoms with Gasteiger partial charge < -0.3 is 9.47 Å². The molecule has 118 valence electrons. The Balaban J connectivity index is 1.98. The lowest BCUT2D eigenvalue weighted by atomic mass is 10.2. The highest BCUT2D eigenvalue weighted by atomic mass is 16.5. The van der Waals surface area contributed by atoms with Crippen LogP contribution in [0.5, 0.6) is 5.75 Å². The fourth-order valence-corrected chi connectivity index (χ4v) is 1.91. The van der Waals surface area contributed by atoms with E-state index in [1.807, 2.05) is 26.0 Å². The SMILES string of the molecule is CCc1ccc(OCCCCCCOC(=O)C(C)C)cc1. The molecule has 3 heteroatoms. The van der Waals surface area contributed by atoms with Gasteiger partial charge >= 0.3 is 5.97 Å². The first-order chi connectivity index (χ1) is 10.1. The molecule has 0 fully saturated rings. The molecule has 0 aliphatic rings. The lowest BCUT2D eigenvalue weighted by Gasteiger charge is -2.08. The Bertz CT molecular complexity index is 395. The van der Waals surface area contributed by atoms with Crippen molar-refractivity contribution in [2.75, 3.05) is 13.2 Å². The predicted molar refractivity (Wildman–Crippen MR) is 85.6 cm³/mol. The standard InChI is InChI=1S/C18H28O3/c1-4-16-9-11-17(12-10-16)20-13-7-5-6-8-14-21-18(19)15(2)3/h9-12,15H,4-8,13-14H2,1-3H3. The van der Waals surface area contributed by atoms with E-state index in [0.29, 0.717) is 6.61 Å². The Morgan fingerprint density at radius 3 is 2.19 bits per heavy atom. The molecule has 1 aromatic carbocycles. The Hall–Kier alpha value is -1.51. The molecule has 0 N–H and O–H groups in total. The maximum Gasteiger partial charge on any atom is 0.308 e. The van der Waals surface area contributed by atoms with Crippen molar-refractivity contribution < 1.29 is 14.3 Å². The minimum Gasteiger partial charge on any atom is -0.494 e. The average molecular weight is 292 g/mol. The summed E-state index contributed by atoms with van der Waals surface area (Å²) in [7, 11) is 0. The van der Waals surface area contributed by atoms with Gasteiger partial charge in [-0.3, -0.25) is 4.79 Å². The van der Waals surface area contributed by atoms with Crippen LogP contribution in [0.4, 0.5) is 0 Å². The van der Waals surface area contributed by atoms with Gasteiger partial charge in [-0.2, -0.15) is 0 Å². The van der Waals surface area contributed by atoms with Crippen molar-refractivity contribution in [3.05, 3.63) is 29.8 Å². The first-order valence-corrected chi connectivity index (χ1v) is 8.02. The predicted octanol–water partition coefficient (Wildman–Crippen LogP) is 4.39. The number of hydrogen-bond acceptors (Lipinski definition) is 3. The minimum absolute atomic E-state index is 0.0301. The monoisotopic (exact) mass is 292 g/mol. The van der Waals surface area contributed by atoms with E-state index in [1.54, 1.807) is 0 Å². The summed E-state index contributed by atoms with van der Waals surface area (Å²) in [5.41, 5.74) is 1.33. The molecule has 0 saturated carbocycles. The highest BCUT2D eigenvalue weighted by molar-refractivity contribution is 5.71. The van der Waals surface area contributed by atoms with Crippen molar-refractivity contribution >= 4 is 5.97 Å². The topological polar surface area (TPSA) is 35.5 Å². The van der Waals surface area contributed by atoms with Crippen LogP contribution in [-0.2, 0) is 16.0 Å². The summed E-state index contributed by atoms with van der Waals surface area (Å²) in [5.74, 6) is 0.810. The number of unbranched alkanes of at least 4 members (excludes halogenated alkanes) is 3. The lowest BCUT2D eigenvalue weighted by Crippen LogP contribution is -2.12. The summed E-state index contributed by atoms with van der Waals surface area (Å²) in [6, 6.07) is 8.28. The van der Waals surface area contributed by atoms with E-state index < -0.39 is 0 Å². The Kier molecular flexibility index (Phi) is 8.56. The largest absolute Gasteiger partial charge is 0.494 e. The molecular weight excluding hydrogens is 264 g/mol. The summed E-state index contributed by atoms with van der Waals surface area (Å²) in [6.07, 6.45) is 5.20. The molecule has 0 aliphatic carbocycles. The van der Waals surface area contributed by atoms with Gasteiger partial charge in [0.25, 0.3) is 0 Å². The van der Waals surface area contributed by atoms with Crippen LogP contribution in [0.3, 0.4) is 0 Å². The normalized spacial score (nSPS) is 10.7. The molecule has 3 nitrogen and oxygen atoms in total. The molecule has 0 radical (unpaired) electrons. The Morgan fingerprint density at radius 1 is 1.00 bits per heavy atom. The molecule has 1 aromatic rings. The van der Waals surface area contributed by atoms with Gasteiger partial charge in [0, 0.05) is 0 Å². The van der Waals surface area contributed by atoms with Crippen LogP contribution in [0, 0.1) is 5.92 Å². The number of aryl methyl sites for hydroxylation is 1. The average Bonchev–Trinajstić information content (AvgIpc) is 2.50. The molecule has 0 spiro atoms. The maximum absolute atomic E-state index is 11.2. The summed E-state index contributed by atoms with van der Waals surface area (Å²) in [5, 5.41) is 0. The van der Waals surface area contributed by atoms with E-state index in [1.165, 1.54) is 5.56 Å². The second-order valence-electron chi connectivity index (χ2n) is 5.58. The minimum atomic E-state index is -0.103. The third-order valence-electron chi connectivity index (χ3n) is 3.35. The van der Waals surface area contributed by atoms with Gasteiger partial charge in [-0.1, -0.05) is 32.9 Å². The summed E-state index contributed by atoms with van der Waals surface area (Å²) in [6.45, 7) is 7.14. The van der Waals surface area contributed by atoms with Gasteiger partial charge in [-0.15, -0.1) is 0 Å². The molecule has 0 aliphatic heterocycles. The third kappa shape index (κ3) is 7.74. The van der Waals surface area contributed by atoms with E-state index in [4.69, 9.17) is 9.47 Å². The molecule has 1 rings (SSSR count). The van der Waals surface area contributed by atoms with Crippen molar-refractivity contribution in [3.63, 3.8) is 0 Å². The molecule has 0 unspecified atom stereocenters. The van der Waals surface area contributed by atoms with Crippen molar-refractivity contribution in [2.24, 2.45) is 5.92 Å². The smallest absolute Gasteiger partial charge is 0.308 e. The zero-order chi connectivity index (χ0) is 15.5. The van der Waals surface area contributed by atoms with E-state index in [9.17, 15) is 4.79 Å². The van der Waals surface area contributed by atoms with Crippen molar-refractivity contribution in [2.45, 2.75) is 52.9 Å². The molecular formula is C18H28O3. The van der Waals surface area contributed by atoms with Gasteiger partial charge in [-0.05, 0) is 49.8 Å². The van der Waals surface area contributed by atoms with E-state index in [2.05, 4.69) is 19.1 Å². The van der Waals surface area contributed by atoms with E-state index in [0.717, 1.165) is 44.5 Å². The number of ether oxygens (including phenoxy) is 2. The van der Waals surface area contributed by atoms with Crippen molar-refractivity contribution in [1.82, 2.24) is 0 Å². The van der Waals surface area contributed by atoms with Crippen LogP contribution in [0.25, 0.3) is 0 Å². The molecule has 0 amide bonds. The molecule has 0 aromatic heterocycles. The first-order valence-electron chi connectivity index (χ1n) is 8.02. The third-order valence-corrected chi connectivity index (χ3v) is 3.35. The molecule has 0 heterocycles. The van der Waals surface area contributed by atoms with Gasteiger partial charge in [0.15, 0.2) is 0 Å². The maximum atomic E-state index is 11.2. The zero-order valence-electron chi connectivity index (χ0n) is 13.6.